The molecule has 0 rings (SSSR count). The summed E-state index contributed by atoms with van der Waals surface area (Å²) >= 11 is 0. The first kappa shape index (κ1) is 58.6. The number of amides is 1. The second-order valence-electron chi connectivity index (χ2n) is 18.6. The summed E-state index contributed by atoms with van der Waals surface area (Å²) in [5, 5.41) is 23.1. The fourth-order valence-electron chi connectivity index (χ4n) is 8.40. The van der Waals surface area contributed by atoms with Crippen LogP contribution in [0.15, 0.2) is 12.2 Å². The van der Waals surface area contributed by atoms with E-state index in [1.807, 2.05) is 6.08 Å². The predicted molar refractivity (Wildman–Crippen MR) is 260 cm³/mol. The Morgan fingerprint density at radius 3 is 1.13 bits per heavy atom. The second-order valence-corrected chi connectivity index (χ2v) is 18.6. The number of carbonyl (C=O) groups excluding carboxylic acids is 2. The van der Waals surface area contributed by atoms with Gasteiger partial charge >= 0.3 is 5.97 Å². The summed E-state index contributed by atoms with van der Waals surface area (Å²) in [7, 11) is 0. The maximum absolute atomic E-state index is 12.4. The summed E-state index contributed by atoms with van der Waals surface area (Å²) in [6.45, 7) is 4.87. The van der Waals surface area contributed by atoms with Crippen LogP contribution in [0.25, 0.3) is 0 Å². The van der Waals surface area contributed by atoms with Crippen molar-refractivity contribution < 1.29 is 24.5 Å². The molecule has 6 heteroatoms. The van der Waals surface area contributed by atoms with Gasteiger partial charge < -0.3 is 20.3 Å². The van der Waals surface area contributed by atoms with Crippen molar-refractivity contribution in [2.75, 3.05) is 13.2 Å². The van der Waals surface area contributed by atoms with Crippen LogP contribution < -0.4 is 5.32 Å². The highest BCUT2D eigenvalue weighted by Crippen LogP contribution is 2.17. The minimum atomic E-state index is -0.858. The number of aliphatic hydroxyl groups is 2. The predicted octanol–water partition coefficient (Wildman–Crippen LogP) is 16.1. The van der Waals surface area contributed by atoms with Gasteiger partial charge in [-0.05, 0) is 32.1 Å². The number of allylic oxidation sites excluding steroid dienone is 1. The van der Waals surface area contributed by atoms with E-state index in [1.165, 1.54) is 212 Å². The first-order valence-corrected chi connectivity index (χ1v) is 27.0. The molecule has 2 atom stereocenters. The van der Waals surface area contributed by atoms with Crippen molar-refractivity contribution in [2.45, 2.75) is 309 Å². The molecule has 0 bridgehead atoms. The lowest BCUT2D eigenvalue weighted by atomic mass is 10.0. The molecule has 0 fully saturated rings. The Labute approximate surface area is 374 Å². The molecule has 0 aromatic heterocycles. The van der Waals surface area contributed by atoms with Gasteiger partial charge in [0.05, 0.1) is 25.4 Å². The fraction of sp³-hybridized carbons (Fsp3) is 0.926. The summed E-state index contributed by atoms with van der Waals surface area (Å²) < 4.78 is 5.45. The minimum Gasteiger partial charge on any atom is -0.466 e. The normalized spacial score (nSPS) is 12.7. The van der Waals surface area contributed by atoms with E-state index in [0.29, 0.717) is 19.4 Å². The van der Waals surface area contributed by atoms with Gasteiger partial charge in [0.15, 0.2) is 0 Å². The van der Waals surface area contributed by atoms with Gasteiger partial charge in [0.1, 0.15) is 0 Å². The van der Waals surface area contributed by atoms with Crippen LogP contribution in [0.2, 0.25) is 0 Å². The number of carbonyl (C=O) groups is 2. The topological polar surface area (TPSA) is 95.9 Å². The zero-order valence-corrected chi connectivity index (χ0v) is 40.5. The highest BCUT2D eigenvalue weighted by Gasteiger charge is 2.18. The van der Waals surface area contributed by atoms with Gasteiger partial charge in [-0.1, -0.05) is 264 Å². The molecule has 0 aromatic carbocycles. The average Bonchev–Trinajstić information content (AvgIpc) is 3.25. The zero-order chi connectivity index (χ0) is 43.7. The van der Waals surface area contributed by atoms with E-state index < -0.39 is 12.1 Å². The molecule has 0 aliphatic carbocycles. The SMILES string of the molecule is CCCCCCCCCCCCCCCCCCCC/C=C/C(O)C(CO)NC(=O)CCCCCCCCCCCCOC(=O)CCCCCCCCCCCCCCC. The van der Waals surface area contributed by atoms with E-state index in [-0.39, 0.29) is 18.5 Å². The summed E-state index contributed by atoms with van der Waals surface area (Å²) in [4.78, 5) is 24.5. The average molecular weight is 848 g/mol. The van der Waals surface area contributed by atoms with E-state index in [4.69, 9.17) is 4.74 Å². The van der Waals surface area contributed by atoms with E-state index in [1.54, 1.807) is 6.08 Å². The molecule has 60 heavy (non-hydrogen) atoms. The molecule has 0 heterocycles. The van der Waals surface area contributed by atoms with Crippen LogP contribution >= 0.6 is 0 Å². The molecule has 6 nitrogen and oxygen atoms in total. The molecule has 1 amide bonds. The van der Waals surface area contributed by atoms with Gasteiger partial charge in [-0.2, -0.15) is 0 Å². The number of hydrogen-bond acceptors (Lipinski definition) is 5. The first-order valence-electron chi connectivity index (χ1n) is 27.0. The smallest absolute Gasteiger partial charge is 0.305 e. The molecular formula is C54H105NO5. The minimum absolute atomic E-state index is 0.0187. The van der Waals surface area contributed by atoms with Gasteiger partial charge in [-0.3, -0.25) is 9.59 Å². The van der Waals surface area contributed by atoms with Crippen molar-refractivity contribution in [3.63, 3.8) is 0 Å². The highest BCUT2D eigenvalue weighted by atomic mass is 16.5. The summed E-state index contributed by atoms with van der Waals surface area (Å²) in [6, 6.07) is -0.643. The lowest BCUT2D eigenvalue weighted by Crippen LogP contribution is -2.45. The Morgan fingerprint density at radius 1 is 0.450 bits per heavy atom. The number of ether oxygens (including phenoxy) is 1. The molecule has 0 saturated carbocycles. The quantitative estimate of drug-likeness (QED) is 0.0322. The van der Waals surface area contributed by atoms with Crippen molar-refractivity contribution in [1.82, 2.24) is 5.32 Å². The third-order valence-corrected chi connectivity index (χ3v) is 12.6. The number of rotatable bonds is 50. The largest absolute Gasteiger partial charge is 0.466 e. The Bertz CT molecular complexity index is 893. The van der Waals surface area contributed by atoms with Crippen LogP contribution in [0.4, 0.5) is 0 Å². The molecule has 0 saturated heterocycles. The number of unbranched alkanes of at least 4 members (excludes halogenated alkanes) is 39. The van der Waals surface area contributed by atoms with Gasteiger partial charge in [0, 0.05) is 12.8 Å². The standard InChI is InChI=1S/C54H105NO5/c1-3-5-7-9-11-13-15-17-18-19-20-21-22-23-25-26-30-34-38-42-46-52(57)51(50-56)55-53(58)47-43-39-35-31-28-29-33-37-41-45-49-60-54(59)48-44-40-36-32-27-24-16-14-12-10-8-6-4-2/h42,46,51-52,56-57H,3-41,43-45,47-50H2,1-2H3,(H,55,58)/b46-42+. The highest BCUT2D eigenvalue weighted by molar-refractivity contribution is 5.76. The van der Waals surface area contributed by atoms with Crippen molar-refractivity contribution in [3.05, 3.63) is 12.2 Å². The van der Waals surface area contributed by atoms with E-state index in [0.717, 1.165) is 57.8 Å². The molecule has 0 aliphatic rings. The van der Waals surface area contributed by atoms with Crippen molar-refractivity contribution >= 4 is 11.9 Å². The van der Waals surface area contributed by atoms with E-state index in [9.17, 15) is 19.8 Å². The maximum Gasteiger partial charge on any atom is 0.305 e. The lowest BCUT2D eigenvalue weighted by Gasteiger charge is -2.20. The second kappa shape index (κ2) is 50.2. The van der Waals surface area contributed by atoms with Crippen LogP contribution in [0, 0.1) is 0 Å². The van der Waals surface area contributed by atoms with Gasteiger partial charge in [-0.25, -0.2) is 0 Å². The van der Waals surface area contributed by atoms with E-state index in [2.05, 4.69) is 19.2 Å². The lowest BCUT2D eigenvalue weighted by molar-refractivity contribution is -0.143. The number of hydrogen-bond donors (Lipinski definition) is 3. The number of aliphatic hydroxyl groups excluding tert-OH is 2. The Morgan fingerprint density at radius 2 is 0.767 bits per heavy atom. The van der Waals surface area contributed by atoms with E-state index >= 15 is 0 Å². The summed E-state index contributed by atoms with van der Waals surface area (Å²) in [5.74, 6) is -0.106. The maximum atomic E-state index is 12.4. The van der Waals surface area contributed by atoms with Crippen LogP contribution in [0.3, 0.4) is 0 Å². The molecule has 356 valence electrons. The van der Waals surface area contributed by atoms with Crippen LogP contribution in [0.5, 0.6) is 0 Å². The molecule has 0 radical (unpaired) electrons. The molecule has 0 aliphatic heterocycles. The van der Waals surface area contributed by atoms with Gasteiger partial charge in [-0.15, -0.1) is 0 Å². The molecular weight excluding hydrogens is 743 g/mol. The molecule has 2 unspecified atom stereocenters. The molecule has 0 spiro atoms. The Balaban J connectivity index is 3.51. The first-order chi connectivity index (χ1) is 29.5. The van der Waals surface area contributed by atoms with Crippen LogP contribution in [-0.4, -0.2) is 47.4 Å². The third-order valence-electron chi connectivity index (χ3n) is 12.6. The Hall–Kier alpha value is -1.40. The van der Waals surface area contributed by atoms with Crippen LogP contribution in [-0.2, 0) is 14.3 Å². The van der Waals surface area contributed by atoms with Crippen LogP contribution in [0.1, 0.15) is 296 Å². The van der Waals surface area contributed by atoms with Gasteiger partial charge in [0.2, 0.25) is 5.91 Å². The summed E-state index contributed by atoms with van der Waals surface area (Å²) in [5.41, 5.74) is 0. The summed E-state index contributed by atoms with van der Waals surface area (Å²) in [6.07, 6.45) is 57.8. The zero-order valence-electron chi connectivity index (χ0n) is 40.5. The number of nitrogens with one attached hydrogen (secondary N) is 1. The molecule has 0 aromatic rings. The Kier molecular flexibility index (Phi) is 49.1. The van der Waals surface area contributed by atoms with Gasteiger partial charge in [0.25, 0.3) is 0 Å². The van der Waals surface area contributed by atoms with Crippen molar-refractivity contribution in [1.29, 1.82) is 0 Å². The van der Waals surface area contributed by atoms with Crippen molar-refractivity contribution in [2.24, 2.45) is 0 Å². The third kappa shape index (κ3) is 46.1. The monoisotopic (exact) mass is 848 g/mol. The number of esters is 1. The van der Waals surface area contributed by atoms with Crippen molar-refractivity contribution in [3.8, 4) is 0 Å². The molecule has 3 N–H and O–H groups in total. The fourth-order valence-corrected chi connectivity index (χ4v) is 8.40.